The zero-order chi connectivity index (χ0) is 23.5. The molecule has 2 heterocycles. The van der Waals surface area contributed by atoms with E-state index in [2.05, 4.69) is 20.7 Å². The Bertz CT molecular complexity index is 1200. The van der Waals surface area contributed by atoms with E-state index in [0.29, 0.717) is 23.0 Å². The van der Waals surface area contributed by atoms with Gasteiger partial charge in [-0.3, -0.25) is 14.2 Å². The first kappa shape index (κ1) is 23.2. The fourth-order valence-corrected chi connectivity index (χ4v) is 3.35. The highest BCUT2D eigenvalue weighted by Gasteiger charge is 2.27. The van der Waals surface area contributed by atoms with Crippen LogP contribution in [0.2, 0.25) is 0 Å². The topological polar surface area (TPSA) is 141 Å². The van der Waals surface area contributed by atoms with E-state index < -0.39 is 21.6 Å². The van der Waals surface area contributed by atoms with Gasteiger partial charge in [-0.1, -0.05) is 26.0 Å². The van der Waals surface area contributed by atoms with E-state index in [1.54, 1.807) is 37.5 Å². The van der Waals surface area contributed by atoms with Gasteiger partial charge in [0.25, 0.3) is 10.1 Å². The highest BCUT2D eigenvalue weighted by Crippen LogP contribution is 2.26. The molecule has 11 heteroatoms. The summed E-state index contributed by atoms with van der Waals surface area (Å²) >= 11 is 0. The van der Waals surface area contributed by atoms with E-state index in [4.69, 9.17) is 9.92 Å². The van der Waals surface area contributed by atoms with Crippen molar-refractivity contribution in [3.8, 4) is 11.1 Å². The number of hydrogen-bond acceptors (Lipinski definition) is 7. The third-order valence-electron chi connectivity index (χ3n) is 4.71. The minimum absolute atomic E-state index is 0.0651. The van der Waals surface area contributed by atoms with Crippen molar-refractivity contribution >= 4 is 33.5 Å². The van der Waals surface area contributed by atoms with E-state index in [1.165, 1.54) is 4.68 Å². The summed E-state index contributed by atoms with van der Waals surface area (Å²) in [6, 6.07) is 12.2. The van der Waals surface area contributed by atoms with Crippen LogP contribution in [0, 0.1) is 0 Å². The number of nitrogens with two attached hydrogens (primary N) is 1. The average molecular weight is 459 g/mol. The zero-order valence-electron chi connectivity index (χ0n) is 18.3. The molecule has 0 spiro atoms. The quantitative estimate of drug-likeness (QED) is 0.462. The highest BCUT2D eigenvalue weighted by molar-refractivity contribution is 7.85. The molecule has 0 bridgehead atoms. The number of anilines is 3. The van der Waals surface area contributed by atoms with Crippen molar-refractivity contribution in [2.24, 2.45) is 7.05 Å². The Labute approximate surface area is 186 Å². The Balaban J connectivity index is 1.64. The lowest BCUT2D eigenvalue weighted by Gasteiger charge is -2.20. The Morgan fingerprint density at radius 2 is 1.78 bits per heavy atom. The molecule has 0 aliphatic heterocycles. The SMILES string of the molecule is Cn1nc(C(C)(C)COS(C)(=O)=O)cc1NC(=O)Nc1ccc(-c2ccc(N)nc2)cc1. The third-order valence-corrected chi connectivity index (χ3v) is 5.26. The van der Waals surface area contributed by atoms with Crippen LogP contribution in [0.1, 0.15) is 19.5 Å². The normalized spacial score (nSPS) is 11.9. The molecule has 0 unspecified atom stereocenters. The second-order valence-electron chi connectivity index (χ2n) is 8.02. The maximum atomic E-state index is 12.5. The monoisotopic (exact) mass is 458 g/mol. The van der Waals surface area contributed by atoms with E-state index in [0.717, 1.165) is 17.4 Å². The molecule has 0 aliphatic rings. The van der Waals surface area contributed by atoms with Crippen LogP contribution in [0.4, 0.5) is 22.1 Å². The number of aryl methyl sites for hydroxylation is 1. The van der Waals surface area contributed by atoms with Gasteiger partial charge in [0, 0.05) is 36.0 Å². The third kappa shape index (κ3) is 6.05. The first-order valence-corrected chi connectivity index (χ1v) is 11.5. The summed E-state index contributed by atoms with van der Waals surface area (Å²) in [5.74, 6) is 0.905. The van der Waals surface area contributed by atoms with Crippen LogP contribution in [0.15, 0.2) is 48.7 Å². The number of nitrogens with one attached hydrogen (secondary N) is 2. The number of nitrogen functional groups attached to an aromatic ring is 1. The standard InChI is InChI=1S/C21H26N6O4S/c1-21(2,13-31-32(4,29)30)17-11-19(27(3)26-17)25-20(28)24-16-8-5-14(6-9-16)15-7-10-18(22)23-12-15/h5-12H,13H2,1-4H3,(H2,22,23)(H2,24,25,28). The number of hydrogen-bond donors (Lipinski definition) is 3. The van der Waals surface area contributed by atoms with Gasteiger partial charge in [-0.2, -0.15) is 13.5 Å². The highest BCUT2D eigenvalue weighted by atomic mass is 32.2. The predicted octanol–water partition coefficient (Wildman–Crippen LogP) is 2.96. The van der Waals surface area contributed by atoms with Gasteiger partial charge in [-0.15, -0.1) is 0 Å². The van der Waals surface area contributed by atoms with Gasteiger partial charge in [-0.25, -0.2) is 9.78 Å². The molecule has 2 amide bonds. The summed E-state index contributed by atoms with van der Waals surface area (Å²) < 4.78 is 29.0. The van der Waals surface area contributed by atoms with Gasteiger partial charge < -0.3 is 11.1 Å². The number of aromatic nitrogens is 3. The molecule has 0 radical (unpaired) electrons. The summed E-state index contributed by atoms with van der Waals surface area (Å²) in [7, 11) is -1.89. The first-order chi connectivity index (χ1) is 14.9. The predicted molar refractivity (Wildman–Crippen MR) is 124 cm³/mol. The smallest absolute Gasteiger partial charge is 0.324 e. The maximum Gasteiger partial charge on any atom is 0.324 e. The van der Waals surface area contributed by atoms with Crippen molar-refractivity contribution in [1.29, 1.82) is 0 Å². The second kappa shape index (κ2) is 8.97. The number of rotatable bonds is 7. The molecule has 32 heavy (non-hydrogen) atoms. The van der Waals surface area contributed by atoms with Crippen molar-refractivity contribution < 1.29 is 17.4 Å². The lowest BCUT2D eigenvalue weighted by Crippen LogP contribution is -2.26. The van der Waals surface area contributed by atoms with Gasteiger partial charge in [-0.05, 0) is 29.8 Å². The second-order valence-corrected chi connectivity index (χ2v) is 9.66. The molecule has 170 valence electrons. The Kier molecular flexibility index (Phi) is 6.51. The Morgan fingerprint density at radius 3 is 2.38 bits per heavy atom. The van der Waals surface area contributed by atoms with Crippen LogP contribution in [-0.4, -0.2) is 42.1 Å². The molecule has 0 fully saturated rings. The summed E-state index contributed by atoms with van der Waals surface area (Å²) in [6.07, 6.45) is 2.69. The Morgan fingerprint density at radius 1 is 1.12 bits per heavy atom. The number of benzene rings is 1. The fraction of sp³-hybridized carbons (Fsp3) is 0.286. The van der Waals surface area contributed by atoms with Crippen LogP contribution >= 0.6 is 0 Å². The minimum Gasteiger partial charge on any atom is -0.384 e. The maximum absolute atomic E-state index is 12.5. The number of carbonyl (C=O) groups is 1. The lowest BCUT2D eigenvalue weighted by molar-refractivity contribution is 0.244. The Hall–Kier alpha value is -3.44. The number of carbonyl (C=O) groups excluding carboxylic acids is 1. The van der Waals surface area contributed by atoms with E-state index >= 15 is 0 Å². The number of nitrogens with zero attached hydrogens (tertiary/aromatic N) is 3. The summed E-state index contributed by atoms with van der Waals surface area (Å²) in [5.41, 5.74) is 7.99. The van der Waals surface area contributed by atoms with E-state index in [-0.39, 0.29) is 6.61 Å². The van der Waals surface area contributed by atoms with Crippen LogP contribution in [0.25, 0.3) is 11.1 Å². The molecule has 10 nitrogen and oxygen atoms in total. The van der Waals surface area contributed by atoms with Crippen molar-refractivity contribution in [2.75, 3.05) is 29.2 Å². The van der Waals surface area contributed by atoms with Gasteiger partial charge in [0.05, 0.1) is 18.6 Å². The van der Waals surface area contributed by atoms with Crippen molar-refractivity contribution in [3.63, 3.8) is 0 Å². The lowest BCUT2D eigenvalue weighted by atomic mass is 9.91. The fourth-order valence-electron chi connectivity index (χ4n) is 2.84. The van der Waals surface area contributed by atoms with Crippen LogP contribution in [0.5, 0.6) is 0 Å². The minimum atomic E-state index is -3.57. The van der Waals surface area contributed by atoms with E-state index in [9.17, 15) is 13.2 Å². The first-order valence-electron chi connectivity index (χ1n) is 9.72. The molecule has 1 aromatic carbocycles. The summed E-state index contributed by atoms with van der Waals surface area (Å²) in [5, 5.41) is 9.89. The average Bonchev–Trinajstić information content (AvgIpc) is 3.08. The summed E-state index contributed by atoms with van der Waals surface area (Å²) in [4.78, 5) is 16.5. The van der Waals surface area contributed by atoms with E-state index in [1.807, 2.05) is 32.0 Å². The molecular weight excluding hydrogens is 432 g/mol. The number of urea groups is 1. The molecule has 0 saturated heterocycles. The molecule has 3 aromatic rings. The molecule has 0 aliphatic carbocycles. The van der Waals surface area contributed by atoms with Gasteiger partial charge in [0.15, 0.2) is 0 Å². The van der Waals surface area contributed by atoms with Crippen molar-refractivity contribution in [2.45, 2.75) is 19.3 Å². The van der Waals surface area contributed by atoms with Crippen LogP contribution < -0.4 is 16.4 Å². The molecule has 3 rings (SSSR count). The zero-order valence-corrected chi connectivity index (χ0v) is 19.1. The van der Waals surface area contributed by atoms with Crippen LogP contribution in [-0.2, 0) is 26.8 Å². The largest absolute Gasteiger partial charge is 0.384 e. The molecule has 0 saturated carbocycles. The molecule has 0 atom stereocenters. The van der Waals surface area contributed by atoms with Crippen molar-refractivity contribution in [1.82, 2.24) is 14.8 Å². The van der Waals surface area contributed by atoms with Gasteiger partial charge in [0.1, 0.15) is 11.6 Å². The molecular formula is C21H26N6O4S. The van der Waals surface area contributed by atoms with Gasteiger partial charge >= 0.3 is 6.03 Å². The summed E-state index contributed by atoms with van der Waals surface area (Å²) in [6.45, 7) is 3.55. The number of pyridine rings is 1. The number of amides is 2. The van der Waals surface area contributed by atoms with Gasteiger partial charge in [0.2, 0.25) is 0 Å². The molecule has 4 N–H and O–H groups in total. The molecule has 2 aromatic heterocycles. The van der Waals surface area contributed by atoms with Crippen LogP contribution in [0.3, 0.4) is 0 Å². The van der Waals surface area contributed by atoms with Crippen molar-refractivity contribution in [3.05, 3.63) is 54.4 Å².